The van der Waals surface area contributed by atoms with Crippen molar-refractivity contribution in [1.82, 2.24) is 5.32 Å². The summed E-state index contributed by atoms with van der Waals surface area (Å²) in [5, 5.41) is 5.57. The van der Waals surface area contributed by atoms with Gasteiger partial charge in [-0.3, -0.25) is 13.9 Å². The SMILES string of the molecule is COc1ccc(S(=O)(=O)N(CC(=O)Nc2ccccc2C(=O)NCC2CCCO2)c2ccccc2)cc1C. The van der Waals surface area contributed by atoms with Crippen molar-refractivity contribution in [2.24, 2.45) is 0 Å². The molecule has 1 saturated heterocycles. The third-order valence-electron chi connectivity index (χ3n) is 6.25. The highest BCUT2D eigenvalue weighted by atomic mass is 32.2. The zero-order valence-electron chi connectivity index (χ0n) is 21.3. The van der Waals surface area contributed by atoms with Crippen molar-refractivity contribution in [1.29, 1.82) is 0 Å². The molecule has 9 nitrogen and oxygen atoms in total. The molecule has 1 aliphatic heterocycles. The fraction of sp³-hybridized carbons (Fsp3) is 0.286. The van der Waals surface area contributed by atoms with Crippen LogP contribution in [0.15, 0.2) is 77.7 Å². The fourth-order valence-corrected chi connectivity index (χ4v) is 5.77. The minimum absolute atomic E-state index is 0.0214. The monoisotopic (exact) mass is 537 g/mol. The number of aryl methyl sites for hydroxylation is 1. The number of para-hydroxylation sites is 2. The standard InChI is InChI=1S/C28H31N3O6S/c1-20-17-23(14-15-26(20)36-2)38(34,35)31(21-9-4-3-5-10-21)19-27(32)30-25-13-7-6-12-24(25)28(33)29-18-22-11-8-16-37-22/h3-7,9-10,12-15,17,22H,8,11,16,18-19H2,1-2H3,(H,29,33)(H,30,32). The Morgan fingerprint density at radius 3 is 2.47 bits per heavy atom. The molecule has 1 heterocycles. The van der Waals surface area contributed by atoms with Gasteiger partial charge in [-0.1, -0.05) is 30.3 Å². The van der Waals surface area contributed by atoms with Crippen molar-refractivity contribution >= 4 is 33.2 Å². The summed E-state index contributed by atoms with van der Waals surface area (Å²) in [6.45, 7) is 2.31. The summed E-state index contributed by atoms with van der Waals surface area (Å²) in [6, 6.07) is 19.5. The average molecular weight is 538 g/mol. The second-order valence-electron chi connectivity index (χ2n) is 8.92. The van der Waals surface area contributed by atoms with E-state index in [-0.39, 0.29) is 28.2 Å². The van der Waals surface area contributed by atoms with Gasteiger partial charge in [-0.25, -0.2) is 8.42 Å². The minimum Gasteiger partial charge on any atom is -0.496 e. The van der Waals surface area contributed by atoms with Gasteiger partial charge in [0.1, 0.15) is 12.3 Å². The molecular weight excluding hydrogens is 506 g/mol. The molecule has 0 radical (unpaired) electrons. The van der Waals surface area contributed by atoms with E-state index in [4.69, 9.17) is 9.47 Å². The number of benzene rings is 3. The van der Waals surface area contributed by atoms with E-state index in [9.17, 15) is 18.0 Å². The van der Waals surface area contributed by atoms with Gasteiger partial charge < -0.3 is 20.1 Å². The molecule has 1 fully saturated rings. The number of hydrogen-bond acceptors (Lipinski definition) is 6. The van der Waals surface area contributed by atoms with Crippen molar-refractivity contribution in [3.63, 3.8) is 0 Å². The molecule has 2 N–H and O–H groups in total. The van der Waals surface area contributed by atoms with Crippen LogP contribution in [0.4, 0.5) is 11.4 Å². The topological polar surface area (TPSA) is 114 Å². The molecule has 0 saturated carbocycles. The molecule has 1 aliphatic rings. The zero-order chi connectivity index (χ0) is 27.1. The summed E-state index contributed by atoms with van der Waals surface area (Å²) in [5.41, 5.74) is 1.54. The van der Waals surface area contributed by atoms with Gasteiger partial charge in [-0.2, -0.15) is 0 Å². The van der Waals surface area contributed by atoms with Gasteiger partial charge in [0.25, 0.3) is 15.9 Å². The van der Waals surface area contributed by atoms with Crippen molar-refractivity contribution in [2.75, 3.05) is 36.4 Å². The highest BCUT2D eigenvalue weighted by Gasteiger charge is 2.28. The van der Waals surface area contributed by atoms with Crippen LogP contribution in [0.5, 0.6) is 5.75 Å². The molecule has 0 aliphatic carbocycles. The van der Waals surface area contributed by atoms with Gasteiger partial charge >= 0.3 is 0 Å². The van der Waals surface area contributed by atoms with E-state index in [0.717, 1.165) is 17.1 Å². The first-order chi connectivity index (χ1) is 18.3. The maximum atomic E-state index is 13.7. The first-order valence-electron chi connectivity index (χ1n) is 12.3. The number of sulfonamides is 1. The van der Waals surface area contributed by atoms with E-state index >= 15 is 0 Å². The van der Waals surface area contributed by atoms with Crippen LogP contribution in [0, 0.1) is 6.92 Å². The Hall–Kier alpha value is -3.89. The smallest absolute Gasteiger partial charge is 0.264 e. The van der Waals surface area contributed by atoms with E-state index in [1.807, 2.05) is 0 Å². The highest BCUT2D eigenvalue weighted by molar-refractivity contribution is 7.92. The van der Waals surface area contributed by atoms with Crippen LogP contribution in [0.3, 0.4) is 0 Å². The van der Waals surface area contributed by atoms with E-state index in [1.165, 1.54) is 19.2 Å². The quantitative estimate of drug-likeness (QED) is 0.407. The molecule has 1 unspecified atom stereocenters. The zero-order valence-corrected chi connectivity index (χ0v) is 22.2. The molecule has 38 heavy (non-hydrogen) atoms. The number of hydrogen-bond donors (Lipinski definition) is 2. The van der Waals surface area contributed by atoms with Gasteiger partial charge in [0, 0.05) is 13.2 Å². The summed E-state index contributed by atoms with van der Waals surface area (Å²) in [4.78, 5) is 26.1. The molecule has 3 aromatic carbocycles. The third kappa shape index (κ3) is 6.32. The van der Waals surface area contributed by atoms with E-state index in [2.05, 4.69) is 10.6 Å². The number of anilines is 2. The molecule has 200 valence electrons. The number of nitrogens with zero attached hydrogens (tertiary/aromatic N) is 1. The van der Waals surface area contributed by atoms with Crippen LogP contribution in [0.2, 0.25) is 0 Å². The van der Waals surface area contributed by atoms with Crippen LogP contribution in [0.25, 0.3) is 0 Å². The fourth-order valence-electron chi connectivity index (χ4n) is 4.27. The highest BCUT2D eigenvalue weighted by Crippen LogP contribution is 2.27. The average Bonchev–Trinajstić information content (AvgIpc) is 3.45. The Kier molecular flexibility index (Phi) is 8.65. The van der Waals surface area contributed by atoms with Gasteiger partial charge in [0.2, 0.25) is 5.91 Å². The molecule has 2 amide bonds. The second-order valence-corrected chi connectivity index (χ2v) is 10.8. The summed E-state index contributed by atoms with van der Waals surface area (Å²) in [5.74, 6) is -0.387. The number of methoxy groups -OCH3 is 1. The minimum atomic E-state index is -4.11. The molecule has 10 heteroatoms. The Morgan fingerprint density at radius 1 is 1.05 bits per heavy atom. The molecule has 0 spiro atoms. The van der Waals surface area contributed by atoms with Crippen molar-refractivity contribution in [3.05, 3.63) is 83.9 Å². The van der Waals surface area contributed by atoms with Gasteiger partial charge in [0.15, 0.2) is 0 Å². The Bertz CT molecular complexity index is 1390. The third-order valence-corrected chi connectivity index (χ3v) is 8.02. The van der Waals surface area contributed by atoms with Crippen LogP contribution in [0.1, 0.15) is 28.8 Å². The molecule has 1 atom stereocenters. The summed E-state index contributed by atoms with van der Waals surface area (Å²) in [6.07, 6.45) is 1.83. The van der Waals surface area contributed by atoms with Crippen LogP contribution < -0.4 is 19.7 Å². The van der Waals surface area contributed by atoms with Crippen molar-refractivity contribution < 1.29 is 27.5 Å². The number of rotatable bonds is 10. The van der Waals surface area contributed by atoms with Gasteiger partial charge in [0.05, 0.1) is 35.0 Å². The summed E-state index contributed by atoms with van der Waals surface area (Å²) >= 11 is 0. The Morgan fingerprint density at radius 2 is 1.79 bits per heavy atom. The molecular formula is C28H31N3O6S. The number of nitrogens with one attached hydrogen (secondary N) is 2. The number of carbonyl (C=O) groups excluding carboxylic acids is 2. The number of ether oxygens (including phenoxy) is 2. The lowest BCUT2D eigenvalue weighted by Crippen LogP contribution is -2.38. The van der Waals surface area contributed by atoms with E-state index in [1.54, 1.807) is 67.6 Å². The maximum Gasteiger partial charge on any atom is 0.264 e. The normalized spacial score (nSPS) is 15.1. The van der Waals surface area contributed by atoms with Crippen molar-refractivity contribution in [3.8, 4) is 5.75 Å². The first kappa shape index (κ1) is 27.2. The Balaban J connectivity index is 1.55. The molecule has 3 aromatic rings. The first-order valence-corrected chi connectivity index (χ1v) is 13.7. The lowest BCUT2D eigenvalue weighted by atomic mass is 10.1. The maximum absolute atomic E-state index is 13.7. The number of amides is 2. The Labute approximate surface area is 222 Å². The summed E-state index contributed by atoms with van der Waals surface area (Å²) < 4.78 is 39.2. The largest absolute Gasteiger partial charge is 0.496 e. The van der Waals surface area contributed by atoms with Crippen LogP contribution in [-0.4, -0.2) is 53.1 Å². The second kappa shape index (κ2) is 12.1. The van der Waals surface area contributed by atoms with E-state index in [0.29, 0.717) is 30.2 Å². The van der Waals surface area contributed by atoms with Gasteiger partial charge in [-0.15, -0.1) is 0 Å². The van der Waals surface area contributed by atoms with Crippen LogP contribution >= 0.6 is 0 Å². The molecule has 4 rings (SSSR count). The number of carbonyl (C=O) groups is 2. The lowest BCUT2D eigenvalue weighted by Gasteiger charge is -2.24. The molecule has 0 aromatic heterocycles. The predicted octanol–water partition coefficient (Wildman–Crippen LogP) is 3.75. The van der Waals surface area contributed by atoms with Crippen molar-refractivity contribution in [2.45, 2.75) is 30.8 Å². The predicted molar refractivity (Wildman–Crippen MR) is 145 cm³/mol. The van der Waals surface area contributed by atoms with E-state index < -0.39 is 22.5 Å². The lowest BCUT2D eigenvalue weighted by molar-refractivity contribution is -0.114. The molecule has 0 bridgehead atoms. The van der Waals surface area contributed by atoms with Gasteiger partial charge in [-0.05, 0) is 67.8 Å². The summed E-state index contributed by atoms with van der Waals surface area (Å²) in [7, 11) is -2.60. The van der Waals surface area contributed by atoms with Crippen LogP contribution in [-0.2, 0) is 19.6 Å².